The summed E-state index contributed by atoms with van der Waals surface area (Å²) in [6, 6.07) is 10.3. The van der Waals surface area contributed by atoms with Crippen molar-refractivity contribution in [2.75, 3.05) is 46.4 Å². The SMILES string of the molecule is CCc1ccc(OCC(=O)NCC(c2ccsc2)N2CCN(C)CC2)cc1. The Morgan fingerprint density at radius 3 is 2.56 bits per heavy atom. The summed E-state index contributed by atoms with van der Waals surface area (Å²) in [6.45, 7) is 6.94. The maximum absolute atomic E-state index is 12.3. The first kappa shape index (κ1) is 19.9. The standard InChI is InChI=1S/C21H29N3O2S/c1-3-17-4-6-19(7-5-17)26-15-21(25)22-14-20(18-8-13-27-16-18)24-11-9-23(2)10-12-24/h4-8,13,16,20H,3,9-12,14-15H2,1-2H3,(H,22,25). The topological polar surface area (TPSA) is 44.8 Å². The molecule has 0 radical (unpaired) electrons. The van der Waals surface area contributed by atoms with Crippen LogP contribution in [0.5, 0.6) is 5.75 Å². The van der Waals surface area contributed by atoms with Crippen LogP contribution >= 0.6 is 11.3 Å². The molecule has 1 unspecified atom stereocenters. The zero-order valence-corrected chi connectivity index (χ0v) is 17.0. The molecular formula is C21H29N3O2S. The minimum Gasteiger partial charge on any atom is -0.484 e. The molecule has 1 amide bonds. The van der Waals surface area contributed by atoms with Crippen LogP contribution in [0.2, 0.25) is 0 Å². The maximum atomic E-state index is 12.3. The molecule has 1 aliphatic heterocycles. The fraction of sp³-hybridized carbons (Fsp3) is 0.476. The highest BCUT2D eigenvalue weighted by molar-refractivity contribution is 7.07. The predicted molar refractivity (Wildman–Crippen MR) is 110 cm³/mol. The van der Waals surface area contributed by atoms with E-state index >= 15 is 0 Å². The first-order chi connectivity index (χ1) is 13.2. The molecule has 0 aliphatic carbocycles. The Labute approximate surface area is 165 Å². The van der Waals surface area contributed by atoms with Gasteiger partial charge in [-0.05, 0) is 53.6 Å². The zero-order chi connectivity index (χ0) is 19.1. The average molecular weight is 388 g/mol. The summed E-state index contributed by atoms with van der Waals surface area (Å²) >= 11 is 1.70. The molecule has 1 aromatic carbocycles. The lowest BCUT2D eigenvalue weighted by Crippen LogP contribution is -2.48. The van der Waals surface area contributed by atoms with Gasteiger partial charge in [-0.3, -0.25) is 9.69 Å². The number of hydrogen-bond acceptors (Lipinski definition) is 5. The van der Waals surface area contributed by atoms with Crippen molar-refractivity contribution in [1.82, 2.24) is 15.1 Å². The van der Waals surface area contributed by atoms with E-state index in [9.17, 15) is 4.79 Å². The van der Waals surface area contributed by atoms with Gasteiger partial charge in [-0.15, -0.1) is 0 Å². The first-order valence-electron chi connectivity index (χ1n) is 9.59. The maximum Gasteiger partial charge on any atom is 0.258 e. The number of likely N-dealkylation sites (N-methyl/N-ethyl adjacent to an activating group) is 1. The Morgan fingerprint density at radius 1 is 1.19 bits per heavy atom. The number of hydrogen-bond donors (Lipinski definition) is 1. The summed E-state index contributed by atoms with van der Waals surface area (Å²) in [4.78, 5) is 17.1. The number of nitrogens with one attached hydrogen (secondary N) is 1. The predicted octanol–water partition coefficient (Wildman–Crippen LogP) is 2.79. The third kappa shape index (κ3) is 5.79. The van der Waals surface area contributed by atoms with E-state index in [0.29, 0.717) is 6.54 Å². The number of amides is 1. The molecule has 5 nitrogen and oxygen atoms in total. The van der Waals surface area contributed by atoms with Gasteiger partial charge in [0, 0.05) is 32.7 Å². The molecule has 0 bridgehead atoms. The van der Waals surface area contributed by atoms with Crippen LogP contribution in [0, 0.1) is 0 Å². The van der Waals surface area contributed by atoms with Gasteiger partial charge in [0.1, 0.15) is 5.75 Å². The molecule has 1 saturated heterocycles. The van der Waals surface area contributed by atoms with Gasteiger partial charge in [0.15, 0.2) is 6.61 Å². The fourth-order valence-corrected chi connectivity index (χ4v) is 3.99. The van der Waals surface area contributed by atoms with Crippen LogP contribution < -0.4 is 10.1 Å². The molecule has 0 spiro atoms. The molecule has 27 heavy (non-hydrogen) atoms. The van der Waals surface area contributed by atoms with Gasteiger partial charge in [-0.1, -0.05) is 19.1 Å². The van der Waals surface area contributed by atoms with Crippen molar-refractivity contribution in [3.05, 3.63) is 52.2 Å². The second kappa shape index (κ2) is 9.88. The Balaban J connectivity index is 1.51. The molecule has 6 heteroatoms. The molecule has 1 N–H and O–H groups in total. The van der Waals surface area contributed by atoms with E-state index in [1.54, 1.807) is 11.3 Å². The van der Waals surface area contributed by atoms with Gasteiger partial charge < -0.3 is 15.0 Å². The van der Waals surface area contributed by atoms with E-state index in [0.717, 1.165) is 38.3 Å². The minimum atomic E-state index is -0.0797. The van der Waals surface area contributed by atoms with Gasteiger partial charge in [0.25, 0.3) is 5.91 Å². The van der Waals surface area contributed by atoms with E-state index < -0.39 is 0 Å². The monoisotopic (exact) mass is 387 g/mol. The van der Waals surface area contributed by atoms with Crippen LogP contribution in [0.4, 0.5) is 0 Å². The quantitative estimate of drug-likeness (QED) is 0.757. The van der Waals surface area contributed by atoms with Crippen LogP contribution in [-0.4, -0.2) is 62.1 Å². The van der Waals surface area contributed by atoms with Crippen LogP contribution in [-0.2, 0) is 11.2 Å². The second-order valence-corrected chi connectivity index (χ2v) is 7.78. The van der Waals surface area contributed by atoms with Crippen molar-refractivity contribution in [2.24, 2.45) is 0 Å². The van der Waals surface area contributed by atoms with Crippen molar-refractivity contribution < 1.29 is 9.53 Å². The Hall–Kier alpha value is -1.89. The van der Waals surface area contributed by atoms with Gasteiger partial charge in [0.2, 0.25) is 0 Å². The van der Waals surface area contributed by atoms with Crippen LogP contribution in [0.25, 0.3) is 0 Å². The molecule has 2 aromatic rings. The number of rotatable bonds is 8. The van der Waals surface area contributed by atoms with E-state index in [1.807, 2.05) is 24.3 Å². The average Bonchev–Trinajstić information content (AvgIpc) is 3.23. The summed E-state index contributed by atoms with van der Waals surface area (Å²) in [5.41, 5.74) is 2.54. The smallest absolute Gasteiger partial charge is 0.258 e. The Bertz CT molecular complexity index is 695. The van der Waals surface area contributed by atoms with Crippen LogP contribution in [0.15, 0.2) is 41.1 Å². The van der Waals surface area contributed by atoms with Crippen molar-refractivity contribution >= 4 is 17.2 Å². The number of carbonyl (C=O) groups is 1. The molecule has 1 aliphatic rings. The summed E-state index contributed by atoms with van der Waals surface area (Å²) in [7, 11) is 2.16. The highest BCUT2D eigenvalue weighted by atomic mass is 32.1. The van der Waals surface area contributed by atoms with E-state index in [4.69, 9.17) is 4.74 Å². The number of benzene rings is 1. The third-order valence-electron chi connectivity index (χ3n) is 5.10. The molecule has 146 valence electrons. The number of thiophene rings is 1. The summed E-state index contributed by atoms with van der Waals surface area (Å²) in [6.07, 6.45) is 0.997. The summed E-state index contributed by atoms with van der Waals surface area (Å²) in [5.74, 6) is 0.653. The lowest BCUT2D eigenvalue weighted by Gasteiger charge is -2.38. The van der Waals surface area contributed by atoms with Crippen molar-refractivity contribution in [3.63, 3.8) is 0 Å². The van der Waals surface area contributed by atoms with E-state index in [2.05, 4.69) is 45.9 Å². The van der Waals surface area contributed by atoms with E-state index in [-0.39, 0.29) is 18.6 Å². The van der Waals surface area contributed by atoms with Crippen LogP contribution in [0.1, 0.15) is 24.1 Å². The van der Waals surface area contributed by atoms with Gasteiger partial charge in [-0.2, -0.15) is 11.3 Å². The number of carbonyl (C=O) groups excluding carboxylic acids is 1. The number of piperazine rings is 1. The molecule has 3 rings (SSSR count). The van der Waals surface area contributed by atoms with Gasteiger partial charge in [0.05, 0.1) is 6.04 Å². The van der Waals surface area contributed by atoms with Gasteiger partial charge >= 0.3 is 0 Å². The number of ether oxygens (including phenoxy) is 1. The Morgan fingerprint density at radius 2 is 1.93 bits per heavy atom. The largest absolute Gasteiger partial charge is 0.484 e. The first-order valence-corrected chi connectivity index (χ1v) is 10.5. The highest BCUT2D eigenvalue weighted by Gasteiger charge is 2.24. The third-order valence-corrected chi connectivity index (χ3v) is 5.80. The highest BCUT2D eigenvalue weighted by Crippen LogP contribution is 2.23. The summed E-state index contributed by atoms with van der Waals surface area (Å²) < 4.78 is 5.62. The molecule has 1 fully saturated rings. The van der Waals surface area contributed by atoms with Crippen molar-refractivity contribution in [2.45, 2.75) is 19.4 Å². The normalized spacial score (nSPS) is 16.8. The fourth-order valence-electron chi connectivity index (χ4n) is 3.29. The Kier molecular flexibility index (Phi) is 7.26. The van der Waals surface area contributed by atoms with Crippen molar-refractivity contribution in [3.8, 4) is 5.75 Å². The molecule has 1 atom stereocenters. The molecular weight excluding hydrogens is 358 g/mol. The van der Waals surface area contributed by atoms with Crippen molar-refractivity contribution in [1.29, 1.82) is 0 Å². The number of nitrogens with zero attached hydrogens (tertiary/aromatic N) is 2. The summed E-state index contributed by atoms with van der Waals surface area (Å²) in [5, 5.41) is 7.34. The van der Waals surface area contributed by atoms with Gasteiger partial charge in [-0.25, -0.2) is 0 Å². The minimum absolute atomic E-state index is 0.0462. The molecule has 2 heterocycles. The molecule has 1 aromatic heterocycles. The lowest BCUT2D eigenvalue weighted by atomic mass is 10.1. The number of aryl methyl sites for hydroxylation is 1. The molecule has 0 saturated carbocycles. The second-order valence-electron chi connectivity index (χ2n) is 7.00. The van der Waals surface area contributed by atoms with E-state index in [1.165, 1.54) is 11.1 Å². The lowest BCUT2D eigenvalue weighted by molar-refractivity contribution is -0.123. The van der Waals surface area contributed by atoms with Crippen LogP contribution in [0.3, 0.4) is 0 Å². The zero-order valence-electron chi connectivity index (χ0n) is 16.2.